The highest BCUT2D eigenvalue weighted by Crippen LogP contribution is 2.28. The molecule has 0 spiro atoms. The summed E-state index contributed by atoms with van der Waals surface area (Å²) in [5.74, 6) is -0.310. The Balaban J connectivity index is 2.59. The molecule has 0 heterocycles. The summed E-state index contributed by atoms with van der Waals surface area (Å²) in [5.41, 5.74) is 9.02. The van der Waals surface area contributed by atoms with Crippen molar-refractivity contribution in [2.75, 3.05) is 0 Å². The van der Waals surface area contributed by atoms with Gasteiger partial charge >= 0.3 is 0 Å². The second-order valence-corrected chi connectivity index (χ2v) is 4.41. The van der Waals surface area contributed by atoms with Crippen LogP contribution in [0.4, 0.5) is 4.39 Å². The summed E-state index contributed by atoms with van der Waals surface area (Å²) >= 11 is 5.74. The smallest absolute Gasteiger partial charge is 0.132 e. The van der Waals surface area contributed by atoms with Crippen LogP contribution < -0.4 is 5.73 Å². The Bertz CT molecular complexity index is 552. The molecule has 0 aliphatic carbocycles. The fourth-order valence-electron chi connectivity index (χ4n) is 1.79. The van der Waals surface area contributed by atoms with Crippen LogP contribution in [0.3, 0.4) is 0 Å². The van der Waals surface area contributed by atoms with Crippen LogP contribution in [0.2, 0.25) is 5.02 Å². The van der Waals surface area contributed by atoms with Gasteiger partial charge < -0.3 is 5.73 Å². The summed E-state index contributed by atoms with van der Waals surface area (Å²) in [6, 6.07) is 10.5. The zero-order valence-corrected chi connectivity index (χ0v) is 10.3. The van der Waals surface area contributed by atoms with Crippen molar-refractivity contribution >= 4 is 11.6 Å². The van der Waals surface area contributed by atoms with E-state index >= 15 is 0 Å². The third-order valence-electron chi connectivity index (χ3n) is 2.76. The summed E-state index contributed by atoms with van der Waals surface area (Å²) in [6.07, 6.45) is 0. The Morgan fingerprint density at radius 2 is 1.88 bits per heavy atom. The van der Waals surface area contributed by atoms with Crippen LogP contribution in [0.15, 0.2) is 36.4 Å². The van der Waals surface area contributed by atoms with Gasteiger partial charge in [-0.05, 0) is 47.9 Å². The maximum Gasteiger partial charge on any atom is 0.132 e. The molecule has 88 valence electrons. The molecule has 0 saturated carbocycles. The van der Waals surface area contributed by atoms with Crippen LogP contribution in [0.1, 0.15) is 11.1 Å². The molecule has 0 aromatic heterocycles. The number of hydrogen-bond donors (Lipinski definition) is 1. The third-order valence-corrected chi connectivity index (χ3v) is 2.99. The molecular weight excluding hydrogens is 237 g/mol. The predicted octanol–water partition coefficient (Wildman–Crippen LogP) is 3.91. The Morgan fingerprint density at radius 1 is 1.12 bits per heavy atom. The highest BCUT2D eigenvalue weighted by atomic mass is 35.5. The Kier molecular flexibility index (Phi) is 3.46. The molecule has 2 rings (SSSR count). The molecule has 0 aliphatic heterocycles. The molecular formula is C14H13ClFN. The van der Waals surface area contributed by atoms with Crippen molar-refractivity contribution in [2.24, 2.45) is 5.73 Å². The number of hydrogen-bond acceptors (Lipinski definition) is 1. The van der Waals surface area contributed by atoms with Gasteiger partial charge in [-0.1, -0.05) is 23.7 Å². The summed E-state index contributed by atoms with van der Waals surface area (Å²) in [5, 5.41) is 0.402. The first-order valence-corrected chi connectivity index (χ1v) is 5.74. The van der Waals surface area contributed by atoms with Crippen LogP contribution in [0.5, 0.6) is 0 Å². The van der Waals surface area contributed by atoms with Gasteiger partial charge in [0.05, 0.1) is 0 Å². The van der Waals surface area contributed by atoms with Gasteiger partial charge in [-0.15, -0.1) is 0 Å². The Hall–Kier alpha value is -1.38. The molecule has 2 aromatic carbocycles. The average molecular weight is 250 g/mol. The quantitative estimate of drug-likeness (QED) is 0.858. The Labute approximate surface area is 105 Å². The zero-order valence-electron chi connectivity index (χ0n) is 9.50. The predicted molar refractivity (Wildman–Crippen MR) is 69.5 cm³/mol. The second-order valence-electron chi connectivity index (χ2n) is 3.98. The molecule has 0 amide bonds. The lowest BCUT2D eigenvalue weighted by Crippen LogP contribution is -1.97. The molecule has 0 unspecified atom stereocenters. The first kappa shape index (κ1) is 12.1. The van der Waals surface area contributed by atoms with E-state index in [-0.39, 0.29) is 5.82 Å². The van der Waals surface area contributed by atoms with E-state index in [9.17, 15) is 4.39 Å². The fourth-order valence-corrected chi connectivity index (χ4v) is 1.95. The normalized spacial score (nSPS) is 10.6. The van der Waals surface area contributed by atoms with Crippen LogP contribution in [-0.4, -0.2) is 0 Å². The fraction of sp³-hybridized carbons (Fsp3) is 0.143. The summed E-state index contributed by atoms with van der Waals surface area (Å²) < 4.78 is 13.8. The molecule has 0 radical (unpaired) electrons. The maximum atomic E-state index is 13.8. The molecule has 3 heteroatoms. The molecule has 0 fully saturated rings. The molecule has 0 aliphatic rings. The van der Waals surface area contributed by atoms with E-state index in [4.69, 9.17) is 17.3 Å². The molecule has 17 heavy (non-hydrogen) atoms. The van der Waals surface area contributed by atoms with Gasteiger partial charge in [-0.25, -0.2) is 4.39 Å². The van der Waals surface area contributed by atoms with Crippen LogP contribution in [0.25, 0.3) is 11.1 Å². The number of benzene rings is 2. The lowest BCUT2D eigenvalue weighted by molar-refractivity contribution is 0.631. The van der Waals surface area contributed by atoms with Gasteiger partial charge in [0.25, 0.3) is 0 Å². The standard InChI is InChI=1S/C14H13ClFN/c1-9-2-3-10(8-17)6-13(9)12-5-4-11(15)7-14(12)16/h2-7H,8,17H2,1H3. The van der Waals surface area contributed by atoms with Crippen LogP contribution in [-0.2, 0) is 6.54 Å². The van der Waals surface area contributed by atoms with E-state index in [1.54, 1.807) is 12.1 Å². The van der Waals surface area contributed by atoms with E-state index in [1.165, 1.54) is 6.07 Å². The second kappa shape index (κ2) is 4.86. The van der Waals surface area contributed by atoms with Crippen molar-refractivity contribution in [2.45, 2.75) is 13.5 Å². The lowest BCUT2D eigenvalue weighted by Gasteiger charge is -2.09. The molecule has 0 saturated heterocycles. The highest BCUT2D eigenvalue weighted by molar-refractivity contribution is 6.30. The van der Waals surface area contributed by atoms with Crippen LogP contribution in [0, 0.1) is 12.7 Å². The van der Waals surface area contributed by atoms with Gasteiger partial charge in [0, 0.05) is 17.1 Å². The minimum Gasteiger partial charge on any atom is -0.326 e. The average Bonchev–Trinajstić information content (AvgIpc) is 2.30. The number of nitrogens with two attached hydrogens (primary N) is 1. The van der Waals surface area contributed by atoms with Gasteiger partial charge in [-0.3, -0.25) is 0 Å². The van der Waals surface area contributed by atoms with Gasteiger partial charge in [0.15, 0.2) is 0 Å². The van der Waals surface area contributed by atoms with Crippen LogP contribution >= 0.6 is 11.6 Å². The molecule has 2 N–H and O–H groups in total. The number of halogens is 2. The van der Waals surface area contributed by atoms with E-state index in [0.717, 1.165) is 16.7 Å². The van der Waals surface area contributed by atoms with E-state index in [1.807, 2.05) is 25.1 Å². The van der Waals surface area contributed by atoms with Crippen molar-refractivity contribution < 1.29 is 4.39 Å². The zero-order chi connectivity index (χ0) is 12.4. The summed E-state index contributed by atoms with van der Waals surface area (Å²) in [4.78, 5) is 0. The van der Waals surface area contributed by atoms with Crippen molar-refractivity contribution in [1.82, 2.24) is 0 Å². The van der Waals surface area contributed by atoms with Gasteiger partial charge in [-0.2, -0.15) is 0 Å². The monoisotopic (exact) mass is 249 g/mol. The van der Waals surface area contributed by atoms with E-state index in [2.05, 4.69) is 0 Å². The third kappa shape index (κ3) is 2.48. The van der Waals surface area contributed by atoms with Crippen molar-refractivity contribution in [3.05, 3.63) is 58.4 Å². The van der Waals surface area contributed by atoms with Crippen molar-refractivity contribution in [3.8, 4) is 11.1 Å². The first-order chi connectivity index (χ1) is 8.11. The lowest BCUT2D eigenvalue weighted by atomic mass is 9.98. The van der Waals surface area contributed by atoms with Crippen molar-refractivity contribution in [3.63, 3.8) is 0 Å². The molecule has 0 atom stereocenters. The van der Waals surface area contributed by atoms with Crippen molar-refractivity contribution in [1.29, 1.82) is 0 Å². The van der Waals surface area contributed by atoms with E-state index < -0.39 is 0 Å². The largest absolute Gasteiger partial charge is 0.326 e. The topological polar surface area (TPSA) is 26.0 Å². The molecule has 2 aromatic rings. The Morgan fingerprint density at radius 3 is 2.53 bits per heavy atom. The maximum absolute atomic E-state index is 13.8. The van der Waals surface area contributed by atoms with Gasteiger partial charge in [0.1, 0.15) is 5.82 Å². The number of aryl methyl sites for hydroxylation is 1. The number of rotatable bonds is 2. The first-order valence-electron chi connectivity index (χ1n) is 5.37. The molecule has 0 bridgehead atoms. The van der Waals surface area contributed by atoms with E-state index in [0.29, 0.717) is 17.1 Å². The summed E-state index contributed by atoms with van der Waals surface area (Å²) in [7, 11) is 0. The highest BCUT2D eigenvalue weighted by Gasteiger charge is 2.08. The minimum absolute atomic E-state index is 0.310. The molecule has 1 nitrogen and oxygen atoms in total. The minimum atomic E-state index is -0.310. The van der Waals surface area contributed by atoms with Gasteiger partial charge in [0.2, 0.25) is 0 Å². The SMILES string of the molecule is Cc1ccc(CN)cc1-c1ccc(Cl)cc1F. The summed E-state index contributed by atoms with van der Waals surface area (Å²) in [6.45, 7) is 2.40.